The third-order valence-corrected chi connectivity index (χ3v) is 12.8. The Hall–Kier alpha value is -5.20. The van der Waals surface area contributed by atoms with Crippen molar-refractivity contribution < 1.29 is 0 Å². The average Bonchev–Trinajstić information content (AvgIpc) is 3.29. The minimum Gasteiger partial charge on any atom is -0.0842 e. The molecule has 0 saturated carbocycles. The molecule has 0 fully saturated rings. The van der Waals surface area contributed by atoms with Gasteiger partial charge in [0.05, 0.1) is 0 Å². The molecule has 0 heteroatoms. The molecule has 0 spiro atoms. The summed E-state index contributed by atoms with van der Waals surface area (Å²) >= 11 is 0. The van der Waals surface area contributed by atoms with Crippen LogP contribution in [0.3, 0.4) is 0 Å². The van der Waals surface area contributed by atoms with Gasteiger partial charge in [0, 0.05) is 5.92 Å². The smallest absolute Gasteiger partial charge is 0.00183 e. The Morgan fingerprint density at radius 2 is 1.30 bits per heavy atom. The molecule has 0 N–H and O–H groups in total. The summed E-state index contributed by atoms with van der Waals surface area (Å²) in [4.78, 5) is 0. The number of benzene rings is 1. The lowest BCUT2D eigenvalue weighted by molar-refractivity contribution is 0.298. The summed E-state index contributed by atoms with van der Waals surface area (Å²) in [6.45, 7) is 0. The Labute approximate surface area is 343 Å². The van der Waals surface area contributed by atoms with Crippen molar-refractivity contribution in [1.29, 1.82) is 0 Å². The summed E-state index contributed by atoms with van der Waals surface area (Å²) in [6.07, 6.45) is 76.6. The van der Waals surface area contributed by atoms with Crippen LogP contribution in [-0.4, -0.2) is 0 Å². The van der Waals surface area contributed by atoms with E-state index < -0.39 is 0 Å². The van der Waals surface area contributed by atoms with Crippen molar-refractivity contribution in [3.63, 3.8) is 0 Å². The summed E-state index contributed by atoms with van der Waals surface area (Å²) < 4.78 is 0. The summed E-state index contributed by atoms with van der Waals surface area (Å²) in [5.41, 5.74) is 11.5. The fraction of sp³-hybridized carbons (Fsp3) is 0.298. The monoisotopic (exact) mass is 744 g/mol. The van der Waals surface area contributed by atoms with E-state index in [1.54, 1.807) is 16.7 Å². The van der Waals surface area contributed by atoms with E-state index in [2.05, 4.69) is 194 Å². The Morgan fingerprint density at radius 1 is 0.579 bits per heavy atom. The van der Waals surface area contributed by atoms with Gasteiger partial charge in [0.2, 0.25) is 0 Å². The lowest BCUT2D eigenvalue weighted by Gasteiger charge is -2.34. The van der Waals surface area contributed by atoms with Crippen molar-refractivity contribution in [1.82, 2.24) is 0 Å². The molecule has 0 amide bonds. The molecule has 0 nitrogen and oxygen atoms in total. The molecular formula is C57H60. The Balaban J connectivity index is 0.912. The summed E-state index contributed by atoms with van der Waals surface area (Å²) in [6, 6.07) is 10.6. The second kappa shape index (κ2) is 19.8. The molecule has 1 aromatic carbocycles. The summed E-state index contributed by atoms with van der Waals surface area (Å²) in [7, 11) is 0. The maximum absolute atomic E-state index is 2.60. The number of hydrogen-bond acceptors (Lipinski definition) is 0. The van der Waals surface area contributed by atoms with Gasteiger partial charge in [-0.1, -0.05) is 211 Å². The second-order valence-electron chi connectivity index (χ2n) is 16.9. The van der Waals surface area contributed by atoms with Gasteiger partial charge in [0.25, 0.3) is 0 Å². The van der Waals surface area contributed by atoms with Gasteiger partial charge >= 0.3 is 0 Å². The molecule has 288 valence electrons. The van der Waals surface area contributed by atoms with E-state index in [0.717, 1.165) is 44.9 Å². The highest BCUT2D eigenvalue weighted by Crippen LogP contribution is 2.41. The number of hydrogen-bond donors (Lipinski definition) is 0. The summed E-state index contributed by atoms with van der Waals surface area (Å²) in [5.74, 6) is 3.14. The molecule has 0 saturated heterocycles. The highest BCUT2D eigenvalue weighted by atomic mass is 14.3. The first-order valence-electron chi connectivity index (χ1n) is 21.9. The molecule has 6 unspecified atom stereocenters. The molecule has 0 heterocycles. The van der Waals surface area contributed by atoms with Gasteiger partial charge in [-0.25, -0.2) is 0 Å². The fourth-order valence-corrected chi connectivity index (χ4v) is 9.40. The van der Waals surface area contributed by atoms with Crippen molar-refractivity contribution in [2.24, 2.45) is 35.5 Å². The van der Waals surface area contributed by atoms with E-state index in [4.69, 9.17) is 0 Å². The maximum atomic E-state index is 2.60. The molecule has 8 rings (SSSR count). The molecule has 0 aliphatic heterocycles. The van der Waals surface area contributed by atoms with E-state index in [9.17, 15) is 0 Å². The minimum atomic E-state index is 0.441. The summed E-state index contributed by atoms with van der Waals surface area (Å²) in [5, 5.41) is 0. The molecular weight excluding hydrogens is 685 g/mol. The first-order valence-corrected chi connectivity index (χ1v) is 21.9. The van der Waals surface area contributed by atoms with E-state index >= 15 is 0 Å². The van der Waals surface area contributed by atoms with Crippen LogP contribution in [0.1, 0.15) is 76.2 Å². The van der Waals surface area contributed by atoms with Gasteiger partial charge in [0.15, 0.2) is 0 Å². The van der Waals surface area contributed by atoms with E-state index in [1.807, 2.05) is 0 Å². The maximum Gasteiger partial charge on any atom is 0.00183 e. The van der Waals surface area contributed by atoms with Gasteiger partial charge in [0.1, 0.15) is 0 Å². The van der Waals surface area contributed by atoms with Crippen LogP contribution < -0.4 is 0 Å². The van der Waals surface area contributed by atoms with Gasteiger partial charge in [-0.05, 0) is 128 Å². The molecule has 1 aromatic rings. The third kappa shape index (κ3) is 11.0. The van der Waals surface area contributed by atoms with Gasteiger partial charge in [-0.3, -0.25) is 0 Å². The standard InChI is InChI=1S/C57H60/c1-5-13-44(14-6-1)21-23-46-25-27-50(28-26-46)42-56(41-48-17-9-3-10-18-48)53-35-33-51(34-36-53)52-37-39-55(40-38-52)57(43-49-19-11-4-12-20-49)54-31-29-47(30-32-54)24-22-45-15-7-2-8-16-45/h1-9,11,13-15,17,19,21-27,29-31,33-35,37-39,42,45,50,53-55,57H,10,12,16,18,20,28,32,36,40-41,43H2. The van der Waals surface area contributed by atoms with Crippen LogP contribution in [0.4, 0.5) is 0 Å². The number of allylic oxidation sites excluding steroid dienone is 33. The molecule has 7 aliphatic carbocycles. The normalized spacial score (nSPS) is 27.6. The fourth-order valence-electron chi connectivity index (χ4n) is 9.40. The number of rotatable bonds is 13. The molecule has 6 atom stereocenters. The van der Waals surface area contributed by atoms with Crippen LogP contribution in [0, 0.1) is 35.5 Å². The quantitative estimate of drug-likeness (QED) is 0.176. The van der Waals surface area contributed by atoms with Crippen molar-refractivity contribution in [3.05, 3.63) is 233 Å². The molecule has 0 bridgehead atoms. The van der Waals surface area contributed by atoms with Crippen molar-refractivity contribution in [2.75, 3.05) is 0 Å². The van der Waals surface area contributed by atoms with E-state index in [-0.39, 0.29) is 0 Å². The van der Waals surface area contributed by atoms with Crippen LogP contribution in [0.25, 0.3) is 6.08 Å². The molecule has 0 aromatic heterocycles. The average molecular weight is 745 g/mol. The van der Waals surface area contributed by atoms with Crippen molar-refractivity contribution in [2.45, 2.75) is 70.6 Å². The third-order valence-electron chi connectivity index (χ3n) is 12.8. The first kappa shape index (κ1) is 38.7. The van der Waals surface area contributed by atoms with Crippen molar-refractivity contribution >= 4 is 6.08 Å². The predicted molar refractivity (Wildman–Crippen MR) is 246 cm³/mol. The van der Waals surface area contributed by atoms with Gasteiger partial charge in [-0.2, -0.15) is 0 Å². The zero-order chi connectivity index (χ0) is 38.5. The predicted octanol–water partition coefficient (Wildman–Crippen LogP) is 15.3. The van der Waals surface area contributed by atoms with Crippen LogP contribution >= 0.6 is 0 Å². The van der Waals surface area contributed by atoms with Crippen LogP contribution in [0.15, 0.2) is 227 Å². The Morgan fingerprint density at radius 3 is 1.95 bits per heavy atom. The molecule has 57 heavy (non-hydrogen) atoms. The zero-order valence-electron chi connectivity index (χ0n) is 33.7. The van der Waals surface area contributed by atoms with E-state index in [0.29, 0.717) is 35.5 Å². The van der Waals surface area contributed by atoms with Crippen LogP contribution in [0.2, 0.25) is 0 Å². The van der Waals surface area contributed by atoms with Crippen molar-refractivity contribution in [3.8, 4) is 0 Å². The lowest BCUT2D eigenvalue weighted by Crippen LogP contribution is -2.24. The molecule has 0 radical (unpaired) electrons. The minimum absolute atomic E-state index is 0.441. The highest BCUT2D eigenvalue weighted by molar-refractivity contribution is 5.55. The largest absolute Gasteiger partial charge is 0.0842 e. The lowest BCUT2D eigenvalue weighted by atomic mass is 9.71. The second-order valence-corrected chi connectivity index (χ2v) is 16.9. The zero-order valence-corrected chi connectivity index (χ0v) is 33.7. The SMILES string of the molecule is C1=CCCC(CC(=CC2C=CC(C=Cc3ccccc3)=CC2)C2C=CC(C3=CCC(C(CC4=CC=CCC4)C4C=CC(C=CC5C=CC=CC5)=CC4)C=C3)=CC2)=C1. The van der Waals surface area contributed by atoms with Gasteiger partial charge < -0.3 is 0 Å². The Kier molecular flexibility index (Phi) is 13.4. The van der Waals surface area contributed by atoms with Crippen LogP contribution in [-0.2, 0) is 0 Å². The highest BCUT2D eigenvalue weighted by Gasteiger charge is 2.29. The topological polar surface area (TPSA) is 0 Å². The Bertz CT molecular complexity index is 2120. The molecule has 7 aliphatic rings. The first-order chi connectivity index (χ1) is 28.2. The van der Waals surface area contributed by atoms with Gasteiger partial charge in [-0.15, -0.1) is 0 Å². The van der Waals surface area contributed by atoms with Crippen LogP contribution in [0.5, 0.6) is 0 Å². The van der Waals surface area contributed by atoms with E-state index in [1.165, 1.54) is 53.5 Å².